The molecule has 0 bridgehead atoms. The van der Waals surface area contributed by atoms with Crippen molar-refractivity contribution in [2.24, 2.45) is 0 Å². The number of hydrogen-bond acceptors (Lipinski definition) is 8. The Bertz CT molecular complexity index is 1350. The van der Waals surface area contributed by atoms with Gasteiger partial charge in [-0.1, -0.05) is 6.07 Å². The number of aromatic nitrogens is 3. The van der Waals surface area contributed by atoms with Crippen molar-refractivity contribution in [2.75, 3.05) is 37.7 Å². The standard InChI is InChI=1S/C24H26N6O4/c31-13-16-3-2-8-29(16)18-4-1-5-20-17(18)9-21(34-20)19-11-26-22-6-7-24(28-30(19)22)33-14-15-10-25-12-23(32)27-15/h1,4-7,9,11,15-16,25,31H,2-3,8,10,12-14H2,(H,27,32)/t15-,16+/m0/s1. The number of benzene rings is 1. The Kier molecular flexibility index (Phi) is 5.31. The molecular formula is C24H26N6O4. The van der Waals surface area contributed by atoms with E-state index < -0.39 is 0 Å². The highest BCUT2D eigenvalue weighted by Gasteiger charge is 2.26. The van der Waals surface area contributed by atoms with E-state index in [0.29, 0.717) is 37.0 Å². The lowest BCUT2D eigenvalue weighted by molar-refractivity contribution is -0.122. The molecule has 176 valence electrons. The first kappa shape index (κ1) is 20.9. The monoisotopic (exact) mass is 462 g/mol. The molecule has 3 aromatic heterocycles. The molecule has 0 saturated carbocycles. The normalized spacial score (nSPS) is 20.9. The van der Waals surface area contributed by atoms with Crippen molar-refractivity contribution in [2.45, 2.75) is 24.9 Å². The first-order valence-corrected chi connectivity index (χ1v) is 11.6. The first-order valence-electron chi connectivity index (χ1n) is 11.6. The number of nitrogens with zero attached hydrogens (tertiary/aromatic N) is 4. The number of nitrogens with one attached hydrogen (secondary N) is 2. The van der Waals surface area contributed by atoms with Crippen molar-refractivity contribution >= 4 is 28.2 Å². The van der Waals surface area contributed by atoms with Crippen LogP contribution < -0.4 is 20.3 Å². The van der Waals surface area contributed by atoms with Crippen molar-refractivity contribution in [3.63, 3.8) is 0 Å². The van der Waals surface area contributed by atoms with Gasteiger partial charge in [-0.3, -0.25) is 4.79 Å². The van der Waals surface area contributed by atoms with Gasteiger partial charge in [0.25, 0.3) is 0 Å². The summed E-state index contributed by atoms with van der Waals surface area (Å²) in [5.74, 6) is 1.05. The summed E-state index contributed by atoms with van der Waals surface area (Å²) in [5.41, 5.74) is 3.24. The van der Waals surface area contributed by atoms with E-state index in [4.69, 9.17) is 9.15 Å². The van der Waals surface area contributed by atoms with Crippen LogP contribution in [-0.4, -0.2) is 70.5 Å². The van der Waals surface area contributed by atoms with Crippen LogP contribution in [0.3, 0.4) is 0 Å². The molecule has 6 rings (SSSR count). The van der Waals surface area contributed by atoms with Gasteiger partial charge in [-0.2, -0.15) is 0 Å². The van der Waals surface area contributed by atoms with E-state index in [9.17, 15) is 9.90 Å². The number of rotatable bonds is 6. The van der Waals surface area contributed by atoms with E-state index in [2.05, 4.69) is 31.7 Å². The number of imidazole rings is 1. The van der Waals surface area contributed by atoms with E-state index in [-0.39, 0.29) is 24.6 Å². The van der Waals surface area contributed by atoms with Crippen LogP contribution in [0.2, 0.25) is 0 Å². The molecule has 0 radical (unpaired) electrons. The number of aliphatic hydroxyl groups is 1. The van der Waals surface area contributed by atoms with Gasteiger partial charge in [0.2, 0.25) is 11.8 Å². The summed E-state index contributed by atoms with van der Waals surface area (Å²) in [4.78, 5) is 18.3. The van der Waals surface area contributed by atoms with Crippen LogP contribution in [0.5, 0.6) is 5.88 Å². The molecule has 4 aromatic rings. The second kappa shape index (κ2) is 8.62. The molecule has 0 unspecified atom stereocenters. The number of fused-ring (bicyclic) bond motifs is 2. The number of hydrogen-bond donors (Lipinski definition) is 3. The molecule has 2 saturated heterocycles. The maximum absolute atomic E-state index is 11.6. The molecule has 0 aliphatic carbocycles. The van der Waals surface area contributed by atoms with E-state index >= 15 is 0 Å². The minimum atomic E-state index is -0.108. The topological polar surface area (TPSA) is 117 Å². The Morgan fingerprint density at radius 1 is 1.26 bits per heavy atom. The molecule has 5 heterocycles. The Morgan fingerprint density at radius 3 is 3.09 bits per heavy atom. The summed E-state index contributed by atoms with van der Waals surface area (Å²) < 4.78 is 13.8. The molecule has 10 heteroatoms. The predicted octanol–water partition coefficient (Wildman–Crippen LogP) is 1.57. The molecule has 2 aliphatic heterocycles. The highest BCUT2D eigenvalue weighted by molar-refractivity contribution is 5.94. The summed E-state index contributed by atoms with van der Waals surface area (Å²) >= 11 is 0. The molecule has 34 heavy (non-hydrogen) atoms. The summed E-state index contributed by atoms with van der Waals surface area (Å²) in [7, 11) is 0. The van der Waals surface area contributed by atoms with Crippen molar-refractivity contribution in [1.29, 1.82) is 0 Å². The number of carbonyl (C=O) groups excluding carboxylic acids is 1. The van der Waals surface area contributed by atoms with Crippen molar-refractivity contribution in [3.8, 4) is 17.3 Å². The molecule has 3 N–H and O–H groups in total. The number of furan rings is 1. The predicted molar refractivity (Wildman–Crippen MR) is 126 cm³/mol. The number of amides is 1. The maximum atomic E-state index is 11.6. The van der Waals surface area contributed by atoms with Gasteiger partial charge in [0, 0.05) is 30.2 Å². The van der Waals surface area contributed by atoms with Crippen molar-refractivity contribution < 1.29 is 19.1 Å². The molecular weight excluding hydrogens is 436 g/mol. The van der Waals surface area contributed by atoms with Crippen LogP contribution in [0.15, 0.2) is 47.0 Å². The molecule has 2 fully saturated rings. The minimum absolute atomic E-state index is 0.0383. The van der Waals surface area contributed by atoms with Crippen molar-refractivity contribution in [1.82, 2.24) is 25.2 Å². The highest BCUT2D eigenvalue weighted by atomic mass is 16.5. The lowest BCUT2D eigenvalue weighted by atomic mass is 10.1. The molecule has 1 aromatic carbocycles. The number of piperazine rings is 1. The number of anilines is 1. The van der Waals surface area contributed by atoms with Crippen LogP contribution in [0, 0.1) is 0 Å². The molecule has 0 spiro atoms. The second-order valence-corrected chi connectivity index (χ2v) is 8.76. The lowest BCUT2D eigenvalue weighted by Gasteiger charge is -2.25. The smallest absolute Gasteiger partial charge is 0.234 e. The number of ether oxygens (including phenoxy) is 1. The van der Waals surface area contributed by atoms with Gasteiger partial charge in [0.05, 0.1) is 31.4 Å². The Hall–Kier alpha value is -3.63. The van der Waals surface area contributed by atoms with E-state index in [0.717, 1.165) is 41.7 Å². The Balaban J connectivity index is 1.31. The van der Waals surface area contributed by atoms with Crippen LogP contribution in [0.4, 0.5) is 5.69 Å². The summed E-state index contributed by atoms with van der Waals surface area (Å²) in [6, 6.07) is 11.6. The van der Waals surface area contributed by atoms with Crippen molar-refractivity contribution in [3.05, 3.63) is 42.6 Å². The molecule has 2 atom stereocenters. The zero-order valence-electron chi connectivity index (χ0n) is 18.6. The largest absolute Gasteiger partial charge is 0.474 e. The number of carbonyl (C=O) groups is 1. The SMILES string of the molecule is O=C1CNC[C@@H](COc2ccc3ncc(-c4cc5c(N6CCC[C@@H]6CO)cccc5o4)n3n2)N1. The minimum Gasteiger partial charge on any atom is -0.474 e. The fourth-order valence-corrected chi connectivity index (χ4v) is 4.84. The fourth-order valence-electron chi connectivity index (χ4n) is 4.84. The van der Waals surface area contributed by atoms with Gasteiger partial charge >= 0.3 is 0 Å². The Morgan fingerprint density at radius 2 is 2.21 bits per heavy atom. The Labute approximate surface area is 195 Å². The fraction of sp³-hybridized carbons (Fsp3) is 0.375. The van der Waals surface area contributed by atoms with E-state index in [1.165, 1.54) is 0 Å². The quantitative estimate of drug-likeness (QED) is 0.395. The van der Waals surface area contributed by atoms with Gasteiger partial charge in [-0.25, -0.2) is 9.50 Å². The number of aliphatic hydroxyl groups excluding tert-OH is 1. The van der Waals surface area contributed by atoms with Crippen LogP contribution in [0.1, 0.15) is 12.8 Å². The van der Waals surface area contributed by atoms with Gasteiger partial charge in [0.15, 0.2) is 11.4 Å². The van der Waals surface area contributed by atoms with E-state index in [1.54, 1.807) is 16.8 Å². The highest BCUT2D eigenvalue weighted by Crippen LogP contribution is 2.36. The van der Waals surface area contributed by atoms with Gasteiger partial charge in [0.1, 0.15) is 17.9 Å². The van der Waals surface area contributed by atoms with Gasteiger partial charge < -0.3 is 29.8 Å². The van der Waals surface area contributed by atoms with E-state index in [1.807, 2.05) is 24.3 Å². The summed E-state index contributed by atoms with van der Waals surface area (Å²) in [6.07, 6.45) is 3.78. The van der Waals surface area contributed by atoms with Crippen LogP contribution in [0.25, 0.3) is 28.1 Å². The van der Waals surface area contributed by atoms with Crippen LogP contribution >= 0.6 is 0 Å². The third-order valence-corrected chi connectivity index (χ3v) is 6.50. The second-order valence-electron chi connectivity index (χ2n) is 8.76. The average Bonchev–Trinajstić information content (AvgIpc) is 3.59. The third kappa shape index (κ3) is 3.74. The van der Waals surface area contributed by atoms with Gasteiger partial charge in [-0.15, -0.1) is 5.10 Å². The maximum Gasteiger partial charge on any atom is 0.234 e. The van der Waals surface area contributed by atoms with Gasteiger partial charge in [-0.05, 0) is 37.1 Å². The molecule has 1 amide bonds. The zero-order valence-corrected chi connectivity index (χ0v) is 18.6. The summed E-state index contributed by atoms with van der Waals surface area (Å²) in [5, 5.41) is 21.4. The zero-order chi connectivity index (χ0) is 23.1. The third-order valence-electron chi connectivity index (χ3n) is 6.50. The molecule has 2 aliphatic rings. The van der Waals surface area contributed by atoms with Crippen LogP contribution in [-0.2, 0) is 4.79 Å². The lowest BCUT2D eigenvalue weighted by Crippen LogP contribution is -2.54. The first-order chi connectivity index (χ1) is 16.7. The summed E-state index contributed by atoms with van der Waals surface area (Å²) in [6.45, 7) is 2.36. The molecule has 10 nitrogen and oxygen atoms in total. The average molecular weight is 463 g/mol.